The molecule has 1 aliphatic carbocycles. The lowest BCUT2D eigenvalue weighted by molar-refractivity contribution is -0.957. The van der Waals surface area contributed by atoms with Crippen LogP contribution in [0.3, 0.4) is 0 Å². The van der Waals surface area contributed by atoms with Crippen molar-refractivity contribution in [1.82, 2.24) is 5.32 Å². The molecule has 1 aromatic carbocycles. The molecule has 3 rings (SSSR count). The summed E-state index contributed by atoms with van der Waals surface area (Å²) in [5, 5.41) is 2.96. The molecule has 26 heavy (non-hydrogen) atoms. The van der Waals surface area contributed by atoms with Gasteiger partial charge in [-0.1, -0.05) is 12.5 Å². The Morgan fingerprint density at radius 3 is 2.35 bits per heavy atom. The summed E-state index contributed by atoms with van der Waals surface area (Å²) in [6.07, 6.45) is 5.03. The maximum atomic E-state index is 12.9. The lowest BCUT2D eigenvalue weighted by atomic mass is 9.79. The minimum atomic E-state index is -4.43. The van der Waals surface area contributed by atoms with Gasteiger partial charge >= 0.3 is 6.18 Å². The number of amides is 1. The smallest absolute Gasteiger partial charge is 0.346 e. The van der Waals surface area contributed by atoms with E-state index in [1.54, 1.807) is 4.90 Å². The van der Waals surface area contributed by atoms with Crippen molar-refractivity contribution in [1.29, 1.82) is 0 Å². The fourth-order valence-corrected chi connectivity index (χ4v) is 4.58. The number of carbonyl (C=O) groups is 1. The van der Waals surface area contributed by atoms with Crippen LogP contribution in [0, 0.1) is 0 Å². The molecule has 3 nitrogen and oxygen atoms in total. The van der Waals surface area contributed by atoms with E-state index >= 15 is 0 Å². The third-order valence-corrected chi connectivity index (χ3v) is 6.06. The number of nitrogens with one attached hydrogen (secondary N) is 2. The van der Waals surface area contributed by atoms with Crippen LogP contribution in [0.4, 0.5) is 13.2 Å². The number of rotatable bonds is 4. The summed E-state index contributed by atoms with van der Waals surface area (Å²) in [4.78, 5) is 14.1. The van der Waals surface area contributed by atoms with E-state index in [4.69, 9.17) is 0 Å². The molecule has 0 unspecified atom stereocenters. The van der Waals surface area contributed by atoms with Crippen molar-refractivity contribution in [2.24, 2.45) is 0 Å². The number of likely N-dealkylation sites (tertiary alicyclic amines) is 1. The predicted molar refractivity (Wildman–Crippen MR) is 94.1 cm³/mol. The molecule has 1 saturated carbocycles. The Kier molecular flexibility index (Phi) is 5.90. The van der Waals surface area contributed by atoms with Crippen LogP contribution in [-0.4, -0.2) is 31.1 Å². The maximum absolute atomic E-state index is 12.9. The van der Waals surface area contributed by atoms with Gasteiger partial charge in [-0.3, -0.25) is 4.79 Å². The molecule has 0 atom stereocenters. The fourth-order valence-electron chi connectivity index (χ4n) is 4.58. The molecule has 0 spiro atoms. The van der Waals surface area contributed by atoms with Crippen molar-refractivity contribution < 1.29 is 22.9 Å². The Bertz CT molecular complexity index is 618. The van der Waals surface area contributed by atoms with Gasteiger partial charge in [-0.2, -0.15) is 13.2 Å². The van der Waals surface area contributed by atoms with Crippen molar-refractivity contribution in [2.45, 2.75) is 63.1 Å². The van der Waals surface area contributed by atoms with Crippen molar-refractivity contribution in [3.05, 3.63) is 35.4 Å². The molecule has 1 aliphatic heterocycles. The number of carbonyl (C=O) groups excluding carboxylic acids is 1. The van der Waals surface area contributed by atoms with Gasteiger partial charge in [0, 0.05) is 18.4 Å². The third kappa shape index (κ3) is 4.40. The number of quaternary nitrogens is 1. The van der Waals surface area contributed by atoms with Gasteiger partial charge in [0.1, 0.15) is 5.54 Å². The van der Waals surface area contributed by atoms with E-state index in [1.165, 1.54) is 50.7 Å². The van der Waals surface area contributed by atoms with Gasteiger partial charge in [-0.15, -0.1) is 0 Å². The number of hydrogen-bond acceptors (Lipinski definition) is 1. The van der Waals surface area contributed by atoms with Crippen molar-refractivity contribution in [2.75, 3.05) is 19.6 Å². The number of benzene rings is 1. The largest absolute Gasteiger partial charge is 0.416 e. The van der Waals surface area contributed by atoms with Crippen LogP contribution in [-0.2, 0) is 6.18 Å². The van der Waals surface area contributed by atoms with Crippen LogP contribution in [0.5, 0.6) is 0 Å². The highest BCUT2D eigenvalue weighted by Gasteiger charge is 2.42. The van der Waals surface area contributed by atoms with E-state index in [1.807, 2.05) is 0 Å². The van der Waals surface area contributed by atoms with Crippen LogP contribution < -0.4 is 10.2 Å². The predicted octanol–water partition coefficient (Wildman–Crippen LogP) is 3.21. The highest BCUT2D eigenvalue weighted by atomic mass is 19.4. The molecule has 1 heterocycles. The molecule has 0 aromatic heterocycles. The molecule has 6 heteroatoms. The molecular weight excluding hydrogens is 341 g/mol. The molecule has 2 aliphatic rings. The van der Waals surface area contributed by atoms with Crippen molar-refractivity contribution in [3.63, 3.8) is 0 Å². The van der Waals surface area contributed by atoms with E-state index in [-0.39, 0.29) is 11.1 Å². The second-order valence-electron chi connectivity index (χ2n) is 7.77. The Morgan fingerprint density at radius 2 is 1.69 bits per heavy atom. The second-order valence-corrected chi connectivity index (χ2v) is 7.77. The minimum Gasteiger partial charge on any atom is -0.346 e. The maximum Gasteiger partial charge on any atom is 0.416 e. The van der Waals surface area contributed by atoms with Gasteiger partial charge in [-0.05, 0) is 50.3 Å². The standard InChI is InChI=1S/C20H27F3N2O/c21-20(22,23)17-9-7-8-16(14-17)18(26)24-15-19(10-3-1-4-11-19)25-12-5-2-6-13-25/h7-9,14H,1-6,10-13,15H2,(H,24,26)/p+1. The first-order valence-electron chi connectivity index (χ1n) is 9.71. The fraction of sp³-hybridized carbons (Fsp3) is 0.650. The van der Waals surface area contributed by atoms with Gasteiger partial charge in [0.05, 0.1) is 25.2 Å². The monoisotopic (exact) mass is 369 g/mol. The van der Waals surface area contributed by atoms with E-state index in [2.05, 4.69) is 5.32 Å². The molecule has 0 bridgehead atoms. The van der Waals surface area contributed by atoms with Crippen molar-refractivity contribution in [3.8, 4) is 0 Å². The first kappa shape index (κ1) is 19.2. The van der Waals surface area contributed by atoms with Crippen LogP contribution in [0.25, 0.3) is 0 Å². The SMILES string of the molecule is O=C(NCC1([NH+]2CCCCC2)CCCCC1)c1cccc(C(F)(F)F)c1. The highest BCUT2D eigenvalue weighted by Crippen LogP contribution is 2.30. The zero-order valence-corrected chi connectivity index (χ0v) is 15.1. The minimum absolute atomic E-state index is 0.0516. The lowest BCUT2D eigenvalue weighted by Crippen LogP contribution is -3.22. The summed E-state index contributed by atoms with van der Waals surface area (Å²) in [6.45, 7) is 2.83. The van der Waals surface area contributed by atoms with Gasteiger partial charge in [-0.25, -0.2) is 0 Å². The first-order chi connectivity index (χ1) is 12.4. The average Bonchev–Trinajstić information content (AvgIpc) is 2.67. The molecule has 2 fully saturated rings. The molecule has 1 amide bonds. The number of alkyl halides is 3. The van der Waals surface area contributed by atoms with E-state index in [0.29, 0.717) is 6.54 Å². The summed E-state index contributed by atoms with van der Waals surface area (Å²) in [7, 11) is 0. The number of halogens is 3. The third-order valence-electron chi connectivity index (χ3n) is 6.06. The van der Waals surface area contributed by atoms with Gasteiger partial charge in [0.15, 0.2) is 0 Å². The number of hydrogen-bond donors (Lipinski definition) is 2. The summed E-state index contributed by atoms with van der Waals surface area (Å²) in [5.41, 5.74) is -0.644. The zero-order chi connectivity index (χ0) is 18.6. The van der Waals surface area contributed by atoms with Crippen LogP contribution >= 0.6 is 0 Å². The molecule has 144 valence electrons. The molecule has 1 aromatic rings. The van der Waals surface area contributed by atoms with Gasteiger partial charge in [0.25, 0.3) is 5.91 Å². The quantitative estimate of drug-likeness (QED) is 0.840. The van der Waals surface area contributed by atoms with Crippen LogP contribution in [0.1, 0.15) is 67.3 Å². The van der Waals surface area contributed by atoms with Crippen LogP contribution in [0.15, 0.2) is 24.3 Å². The molecule has 2 N–H and O–H groups in total. The summed E-state index contributed by atoms with van der Waals surface area (Å²) in [5.74, 6) is -0.405. The summed E-state index contributed by atoms with van der Waals surface area (Å²) in [6, 6.07) is 4.68. The summed E-state index contributed by atoms with van der Waals surface area (Å²) >= 11 is 0. The summed E-state index contributed by atoms with van der Waals surface area (Å²) < 4.78 is 38.6. The highest BCUT2D eigenvalue weighted by molar-refractivity contribution is 5.94. The second kappa shape index (κ2) is 7.99. The van der Waals surface area contributed by atoms with Gasteiger partial charge < -0.3 is 10.2 Å². The molecular formula is C20H28F3N2O+. The van der Waals surface area contributed by atoms with E-state index in [0.717, 1.165) is 38.1 Å². The molecule has 0 radical (unpaired) electrons. The molecule has 1 saturated heterocycles. The Hall–Kier alpha value is -1.56. The normalized spacial score (nSPS) is 21.3. The average molecular weight is 369 g/mol. The Morgan fingerprint density at radius 1 is 1.04 bits per heavy atom. The van der Waals surface area contributed by atoms with E-state index in [9.17, 15) is 18.0 Å². The van der Waals surface area contributed by atoms with Crippen LogP contribution in [0.2, 0.25) is 0 Å². The Labute approximate surface area is 152 Å². The Balaban J connectivity index is 1.69. The lowest BCUT2D eigenvalue weighted by Gasteiger charge is -2.45. The van der Waals surface area contributed by atoms with Gasteiger partial charge in [0.2, 0.25) is 0 Å². The first-order valence-corrected chi connectivity index (χ1v) is 9.71. The number of piperidine rings is 1. The van der Waals surface area contributed by atoms with E-state index < -0.39 is 17.6 Å². The topological polar surface area (TPSA) is 33.5 Å². The zero-order valence-electron chi connectivity index (χ0n) is 15.1. The van der Waals surface area contributed by atoms with Crippen molar-refractivity contribution >= 4 is 5.91 Å².